The van der Waals surface area contributed by atoms with E-state index in [0.29, 0.717) is 37.5 Å². The molecule has 0 radical (unpaired) electrons. The van der Waals surface area contributed by atoms with Crippen LogP contribution in [0.1, 0.15) is 11.3 Å². The second-order valence-electron chi connectivity index (χ2n) is 6.53. The molecule has 3 aromatic rings. The molecule has 8 nitrogen and oxygen atoms in total. The molecule has 1 aliphatic heterocycles. The number of piperazine rings is 1. The van der Waals surface area contributed by atoms with Crippen molar-refractivity contribution in [3.8, 4) is 0 Å². The number of nitrogens with zero attached hydrogens (tertiary/aromatic N) is 6. The smallest absolute Gasteiger partial charge is 0.254 e. The summed E-state index contributed by atoms with van der Waals surface area (Å²) in [5.74, 6) is 0.781. The van der Waals surface area contributed by atoms with Crippen LogP contribution in [0.3, 0.4) is 0 Å². The second-order valence-corrected chi connectivity index (χ2v) is 8.43. The van der Waals surface area contributed by atoms with Gasteiger partial charge in [-0.15, -0.1) is 0 Å². The number of fused-ring (bicyclic) bond motifs is 1. The maximum atomic E-state index is 13.6. The molecule has 3 heterocycles. The fraction of sp³-hybridized carbons (Fsp3) is 0.353. The van der Waals surface area contributed by atoms with E-state index in [4.69, 9.17) is 0 Å². The summed E-state index contributed by atoms with van der Waals surface area (Å²) in [5, 5.41) is 4.20. The standard InChI is InChI=1S/C17H19FN6O2S/c1-12-3-4-14(18)10-15(12)27(25,26)23-7-5-22(6-8-23)16-9-13(2)21-17-19-11-20-24(16)17/h3-4,9-11H,5-8H2,1-2H3. The lowest BCUT2D eigenvalue weighted by Crippen LogP contribution is -2.49. The van der Waals surface area contributed by atoms with Gasteiger partial charge in [-0.05, 0) is 31.5 Å². The van der Waals surface area contributed by atoms with Crippen LogP contribution in [0.4, 0.5) is 10.2 Å². The number of anilines is 1. The second kappa shape index (κ2) is 6.54. The summed E-state index contributed by atoms with van der Waals surface area (Å²) in [6, 6.07) is 5.74. The number of rotatable bonds is 3. The third-order valence-electron chi connectivity index (χ3n) is 4.69. The van der Waals surface area contributed by atoms with Crippen molar-refractivity contribution in [2.45, 2.75) is 18.7 Å². The van der Waals surface area contributed by atoms with E-state index in [-0.39, 0.29) is 4.90 Å². The van der Waals surface area contributed by atoms with Crippen LogP contribution in [0.5, 0.6) is 0 Å². The Morgan fingerprint density at radius 1 is 1.07 bits per heavy atom. The Morgan fingerprint density at radius 2 is 1.81 bits per heavy atom. The molecule has 1 fully saturated rings. The highest BCUT2D eigenvalue weighted by atomic mass is 32.2. The zero-order valence-corrected chi connectivity index (χ0v) is 15.8. The van der Waals surface area contributed by atoms with Gasteiger partial charge in [-0.2, -0.15) is 18.9 Å². The van der Waals surface area contributed by atoms with Crippen LogP contribution < -0.4 is 4.90 Å². The lowest BCUT2D eigenvalue weighted by molar-refractivity contribution is 0.382. The van der Waals surface area contributed by atoms with Gasteiger partial charge in [0.2, 0.25) is 10.0 Å². The Kier molecular flexibility index (Phi) is 4.31. The van der Waals surface area contributed by atoms with E-state index in [2.05, 4.69) is 20.0 Å². The molecule has 0 bridgehead atoms. The third kappa shape index (κ3) is 3.15. The van der Waals surface area contributed by atoms with E-state index in [1.807, 2.05) is 13.0 Å². The number of aromatic nitrogens is 4. The van der Waals surface area contributed by atoms with Gasteiger partial charge < -0.3 is 4.90 Å². The molecule has 0 spiro atoms. The van der Waals surface area contributed by atoms with Crippen LogP contribution >= 0.6 is 0 Å². The summed E-state index contributed by atoms with van der Waals surface area (Å²) in [7, 11) is -3.74. The molecule has 0 N–H and O–H groups in total. The van der Waals surface area contributed by atoms with Crippen molar-refractivity contribution in [3.63, 3.8) is 0 Å². The first-order valence-corrected chi connectivity index (χ1v) is 9.99. The van der Waals surface area contributed by atoms with E-state index in [0.717, 1.165) is 17.6 Å². The molecule has 0 saturated carbocycles. The van der Waals surface area contributed by atoms with Crippen LogP contribution in [-0.2, 0) is 10.0 Å². The summed E-state index contributed by atoms with van der Waals surface area (Å²) < 4.78 is 42.5. The maximum Gasteiger partial charge on any atom is 0.254 e. The molecule has 0 amide bonds. The Hall–Kier alpha value is -2.59. The van der Waals surface area contributed by atoms with E-state index in [9.17, 15) is 12.8 Å². The predicted molar refractivity (Wildman–Crippen MR) is 97.6 cm³/mol. The van der Waals surface area contributed by atoms with Crippen LogP contribution in [-0.4, -0.2) is 58.5 Å². The average molecular weight is 390 g/mol. The summed E-state index contributed by atoms with van der Waals surface area (Å²) in [6.45, 7) is 5.14. The quantitative estimate of drug-likeness (QED) is 0.672. The minimum Gasteiger partial charge on any atom is -0.354 e. The highest BCUT2D eigenvalue weighted by molar-refractivity contribution is 7.89. The number of aryl methyl sites for hydroxylation is 2. The van der Waals surface area contributed by atoms with Crippen molar-refractivity contribution in [3.05, 3.63) is 47.7 Å². The minimum absolute atomic E-state index is 0.0226. The first-order chi connectivity index (χ1) is 12.9. The zero-order valence-electron chi connectivity index (χ0n) is 15.0. The number of benzene rings is 1. The van der Waals surface area contributed by atoms with Gasteiger partial charge in [0.1, 0.15) is 18.0 Å². The Bertz CT molecular complexity index is 1110. The van der Waals surface area contributed by atoms with Gasteiger partial charge >= 0.3 is 0 Å². The first-order valence-electron chi connectivity index (χ1n) is 8.55. The fourth-order valence-electron chi connectivity index (χ4n) is 3.28. The number of hydrogen-bond donors (Lipinski definition) is 0. The lowest BCUT2D eigenvalue weighted by Gasteiger charge is -2.35. The van der Waals surface area contributed by atoms with Gasteiger partial charge in [0, 0.05) is 37.9 Å². The molecule has 1 aliphatic rings. The normalized spacial score (nSPS) is 16.2. The van der Waals surface area contributed by atoms with E-state index >= 15 is 0 Å². The van der Waals surface area contributed by atoms with Crippen LogP contribution in [0.2, 0.25) is 0 Å². The van der Waals surface area contributed by atoms with Crippen molar-refractivity contribution >= 4 is 21.6 Å². The highest BCUT2D eigenvalue weighted by Crippen LogP contribution is 2.24. The minimum atomic E-state index is -3.74. The van der Waals surface area contributed by atoms with Gasteiger partial charge in [-0.1, -0.05) is 6.07 Å². The first kappa shape index (κ1) is 17.8. The fourth-order valence-corrected chi connectivity index (χ4v) is 4.94. The van der Waals surface area contributed by atoms with Gasteiger partial charge in [0.05, 0.1) is 4.90 Å². The molecule has 1 aromatic carbocycles. The molecule has 0 unspecified atom stereocenters. The topological polar surface area (TPSA) is 83.7 Å². The number of sulfonamides is 1. The van der Waals surface area contributed by atoms with Crippen LogP contribution in [0, 0.1) is 19.7 Å². The Balaban J connectivity index is 1.58. The van der Waals surface area contributed by atoms with Gasteiger partial charge in [0.25, 0.3) is 5.78 Å². The highest BCUT2D eigenvalue weighted by Gasteiger charge is 2.30. The SMILES string of the molecule is Cc1cc(N2CCN(S(=O)(=O)c3cc(F)ccc3C)CC2)n2ncnc2n1. The molecule has 0 aliphatic carbocycles. The summed E-state index contributed by atoms with van der Waals surface area (Å²) in [6.07, 6.45) is 1.44. The molecule has 2 aromatic heterocycles. The summed E-state index contributed by atoms with van der Waals surface area (Å²) in [5.41, 5.74) is 1.35. The molecule has 10 heteroatoms. The van der Waals surface area contributed by atoms with E-state index in [1.165, 1.54) is 22.8 Å². The molecule has 1 saturated heterocycles. The average Bonchev–Trinajstić information content (AvgIpc) is 3.11. The largest absolute Gasteiger partial charge is 0.354 e. The van der Waals surface area contributed by atoms with Crippen molar-refractivity contribution in [1.29, 1.82) is 0 Å². The van der Waals surface area contributed by atoms with Crippen molar-refractivity contribution in [2.24, 2.45) is 0 Å². The Morgan fingerprint density at radius 3 is 2.56 bits per heavy atom. The van der Waals surface area contributed by atoms with Crippen LogP contribution in [0.15, 0.2) is 35.5 Å². The number of hydrogen-bond acceptors (Lipinski definition) is 6. The molecule has 27 heavy (non-hydrogen) atoms. The predicted octanol–water partition coefficient (Wildman–Crippen LogP) is 1.39. The lowest BCUT2D eigenvalue weighted by atomic mass is 10.2. The molecule has 0 atom stereocenters. The van der Waals surface area contributed by atoms with E-state index < -0.39 is 15.8 Å². The van der Waals surface area contributed by atoms with Crippen molar-refractivity contribution in [2.75, 3.05) is 31.1 Å². The zero-order chi connectivity index (χ0) is 19.2. The molecule has 142 valence electrons. The van der Waals surface area contributed by atoms with Gasteiger partial charge in [0.15, 0.2) is 0 Å². The van der Waals surface area contributed by atoms with Crippen LogP contribution in [0.25, 0.3) is 5.78 Å². The molecule has 4 rings (SSSR count). The monoisotopic (exact) mass is 390 g/mol. The third-order valence-corrected chi connectivity index (χ3v) is 6.73. The molecular weight excluding hydrogens is 371 g/mol. The van der Waals surface area contributed by atoms with Gasteiger partial charge in [-0.3, -0.25) is 0 Å². The molecular formula is C17H19FN6O2S. The van der Waals surface area contributed by atoms with Crippen molar-refractivity contribution < 1.29 is 12.8 Å². The van der Waals surface area contributed by atoms with Gasteiger partial charge in [-0.25, -0.2) is 17.8 Å². The maximum absolute atomic E-state index is 13.6. The number of halogens is 1. The van der Waals surface area contributed by atoms with E-state index in [1.54, 1.807) is 11.4 Å². The van der Waals surface area contributed by atoms with Crippen molar-refractivity contribution in [1.82, 2.24) is 23.9 Å². The Labute approximate surface area is 156 Å². The summed E-state index contributed by atoms with van der Waals surface area (Å²) in [4.78, 5) is 10.5. The summed E-state index contributed by atoms with van der Waals surface area (Å²) >= 11 is 0.